The van der Waals surface area contributed by atoms with E-state index >= 15 is 0 Å². The maximum absolute atomic E-state index is 6.10. The van der Waals surface area contributed by atoms with E-state index in [0.717, 1.165) is 26.9 Å². The summed E-state index contributed by atoms with van der Waals surface area (Å²) in [5, 5.41) is 4.89. The molecule has 88 valence electrons. The summed E-state index contributed by atoms with van der Waals surface area (Å²) in [6, 6.07) is 13.6. The molecule has 0 amide bonds. The van der Waals surface area contributed by atoms with E-state index in [1.54, 1.807) is 0 Å². The molecular weight excluding hydrogens is 253 g/mol. The SMILES string of the molecule is Cc1c(Cl)cccc1NCc1ccccc1Cl. The summed E-state index contributed by atoms with van der Waals surface area (Å²) in [4.78, 5) is 0. The van der Waals surface area contributed by atoms with Gasteiger partial charge in [0.25, 0.3) is 0 Å². The van der Waals surface area contributed by atoms with E-state index in [2.05, 4.69) is 5.32 Å². The molecule has 0 unspecified atom stereocenters. The second kappa shape index (κ2) is 5.44. The molecule has 17 heavy (non-hydrogen) atoms. The molecule has 0 aromatic heterocycles. The molecule has 1 nitrogen and oxygen atoms in total. The summed E-state index contributed by atoms with van der Waals surface area (Å²) in [5.41, 5.74) is 3.17. The van der Waals surface area contributed by atoms with Gasteiger partial charge in [0.05, 0.1) is 0 Å². The van der Waals surface area contributed by atoms with Crippen LogP contribution in [0.15, 0.2) is 42.5 Å². The van der Waals surface area contributed by atoms with Gasteiger partial charge in [-0.3, -0.25) is 0 Å². The van der Waals surface area contributed by atoms with Crippen molar-refractivity contribution < 1.29 is 0 Å². The molecule has 2 aromatic rings. The maximum atomic E-state index is 6.10. The summed E-state index contributed by atoms with van der Waals surface area (Å²) in [5.74, 6) is 0. The molecule has 0 saturated carbocycles. The highest BCUT2D eigenvalue weighted by Gasteiger charge is 2.03. The minimum Gasteiger partial charge on any atom is -0.381 e. The van der Waals surface area contributed by atoms with Gasteiger partial charge in [-0.1, -0.05) is 47.5 Å². The zero-order chi connectivity index (χ0) is 12.3. The van der Waals surface area contributed by atoms with Crippen LogP contribution in [-0.2, 0) is 6.54 Å². The molecule has 2 rings (SSSR count). The van der Waals surface area contributed by atoms with Gasteiger partial charge < -0.3 is 5.32 Å². The third-order valence-corrected chi connectivity index (χ3v) is 3.47. The highest BCUT2D eigenvalue weighted by Crippen LogP contribution is 2.24. The van der Waals surface area contributed by atoms with Gasteiger partial charge in [0.1, 0.15) is 0 Å². The Kier molecular flexibility index (Phi) is 3.93. The topological polar surface area (TPSA) is 12.0 Å². The number of halogens is 2. The largest absolute Gasteiger partial charge is 0.381 e. The van der Waals surface area contributed by atoms with Gasteiger partial charge in [-0.15, -0.1) is 0 Å². The van der Waals surface area contributed by atoms with Gasteiger partial charge >= 0.3 is 0 Å². The average Bonchev–Trinajstić information content (AvgIpc) is 2.33. The highest BCUT2D eigenvalue weighted by molar-refractivity contribution is 6.32. The first-order valence-electron chi connectivity index (χ1n) is 5.41. The van der Waals surface area contributed by atoms with Crippen LogP contribution in [0.1, 0.15) is 11.1 Å². The zero-order valence-corrected chi connectivity index (χ0v) is 11.0. The third kappa shape index (κ3) is 2.93. The van der Waals surface area contributed by atoms with Gasteiger partial charge in [-0.2, -0.15) is 0 Å². The molecule has 2 aromatic carbocycles. The second-order valence-electron chi connectivity index (χ2n) is 3.86. The smallest absolute Gasteiger partial charge is 0.0455 e. The van der Waals surface area contributed by atoms with E-state index in [-0.39, 0.29) is 0 Å². The van der Waals surface area contributed by atoms with Crippen LogP contribution >= 0.6 is 23.2 Å². The Morgan fingerprint density at radius 1 is 0.941 bits per heavy atom. The average molecular weight is 266 g/mol. The number of anilines is 1. The lowest BCUT2D eigenvalue weighted by Crippen LogP contribution is -2.01. The molecule has 0 atom stereocenters. The van der Waals surface area contributed by atoms with Crippen LogP contribution < -0.4 is 5.32 Å². The maximum Gasteiger partial charge on any atom is 0.0455 e. The number of rotatable bonds is 3. The molecule has 0 heterocycles. The first kappa shape index (κ1) is 12.3. The van der Waals surface area contributed by atoms with Gasteiger partial charge in [0.15, 0.2) is 0 Å². The van der Waals surface area contributed by atoms with E-state index in [1.807, 2.05) is 49.4 Å². The number of hydrogen-bond donors (Lipinski definition) is 1. The van der Waals surface area contributed by atoms with Crippen molar-refractivity contribution in [2.45, 2.75) is 13.5 Å². The Morgan fingerprint density at radius 3 is 2.41 bits per heavy atom. The van der Waals surface area contributed by atoms with Crippen molar-refractivity contribution >= 4 is 28.9 Å². The Bertz CT molecular complexity index is 523. The molecule has 0 aliphatic heterocycles. The lowest BCUT2D eigenvalue weighted by Gasteiger charge is -2.11. The van der Waals surface area contributed by atoms with Crippen molar-refractivity contribution in [2.24, 2.45) is 0 Å². The molecular formula is C14H13Cl2N. The van der Waals surface area contributed by atoms with Crippen LogP contribution in [0.5, 0.6) is 0 Å². The molecule has 0 fully saturated rings. The molecule has 0 aliphatic carbocycles. The van der Waals surface area contributed by atoms with E-state index < -0.39 is 0 Å². The monoisotopic (exact) mass is 265 g/mol. The highest BCUT2D eigenvalue weighted by atomic mass is 35.5. The first-order chi connectivity index (χ1) is 8.18. The van der Waals surface area contributed by atoms with Crippen LogP contribution in [0.2, 0.25) is 10.0 Å². The minimum absolute atomic E-state index is 0.695. The Balaban J connectivity index is 2.13. The van der Waals surface area contributed by atoms with Gasteiger partial charge in [0.2, 0.25) is 0 Å². The van der Waals surface area contributed by atoms with Crippen LogP contribution in [0.3, 0.4) is 0 Å². The van der Waals surface area contributed by atoms with Gasteiger partial charge in [-0.05, 0) is 36.2 Å². The quantitative estimate of drug-likeness (QED) is 0.831. The molecule has 1 N–H and O–H groups in total. The second-order valence-corrected chi connectivity index (χ2v) is 4.67. The predicted molar refractivity (Wildman–Crippen MR) is 75.0 cm³/mol. The summed E-state index contributed by atoms with van der Waals surface area (Å²) >= 11 is 12.2. The Hall–Kier alpha value is -1.18. The predicted octanol–water partition coefficient (Wildman–Crippen LogP) is 4.91. The number of hydrogen-bond acceptors (Lipinski definition) is 1. The summed E-state index contributed by atoms with van der Waals surface area (Å²) in [7, 11) is 0. The normalized spacial score (nSPS) is 10.3. The van der Waals surface area contributed by atoms with Crippen LogP contribution in [0, 0.1) is 6.92 Å². The fourth-order valence-electron chi connectivity index (χ4n) is 1.63. The van der Waals surface area contributed by atoms with Crippen molar-refractivity contribution in [1.29, 1.82) is 0 Å². The number of benzene rings is 2. The Labute approximate surface area is 111 Å². The molecule has 0 radical (unpaired) electrons. The summed E-state index contributed by atoms with van der Waals surface area (Å²) in [6.45, 7) is 2.69. The van der Waals surface area contributed by atoms with Crippen molar-refractivity contribution in [2.75, 3.05) is 5.32 Å². The minimum atomic E-state index is 0.695. The van der Waals surface area contributed by atoms with Crippen molar-refractivity contribution in [3.8, 4) is 0 Å². The van der Waals surface area contributed by atoms with E-state index in [4.69, 9.17) is 23.2 Å². The third-order valence-electron chi connectivity index (χ3n) is 2.69. The van der Waals surface area contributed by atoms with E-state index in [0.29, 0.717) is 6.54 Å². The zero-order valence-electron chi connectivity index (χ0n) is 9.50. The lowest BCUT2D eigenvalue weighted by molar-refractivity contribution is 1.14. The van der Waals surface area contributed by atoms with Crippen LogP contribution in [0.25, 0.3) is 0 Å². The molecule has 0 aliphatic rings. The molecule has 0 bridgehead atoms. The van der Waals surface area contributed by atoms with Crippen molar-refractivity contribution in [3.05, 3.63) is 63.6 Å². The standard InChI is InChI=1S/C14H13Cl2N/c1-10-12(15)7-4-8-14(10)17-9-11-5-2-3-6-13(11)16/h2-8,17H,9H2,1H3. The molecule has 3 heteroatoms. The summed E-state index contributed by atoms with van der Waals surface area (Å²) in [6.07, 6.45) is 0. The number of nitrogens with one attached hydrogen (secondary N) is 1. The van der Waals surface area contributed by atoms with Crippen LogP contribution in [-0.4, -0.2) is 0 Å². The Morgan fingerprint density at radius 2 is 1.65 bits per heavy atom. The van der Waals surface area contributed by atoms with E-state index in [1.165, 1.54) is 0 Å². The van der Waals surface area contributed by atoms with Crippen LogP contribution in [0.4, 0.5) is 5.69 Å². The van der Waals surface area contributed by atoms with Crippen molar-refractivity contribution in [1.82, 2.24) is 0 Å². The fraction of sp³-hybridized carbons (Fsp3) is 0.143. The fourth-order valence-corrected chi connectivity index (χ4v) is 2.01. The van der Waals surface area contributed by atoms with E-state index in [9.17, 15) is 0 Å². The molecule has 0 spiro atoms. The first-order valence-corrected chi connectivity index (χ1v) is 6.16. The molecule has 0 saturated heterocycles. The van der Waals surface area contributed by atoms with Gasteiger partial charge in [-0.25, -0.2) is 0 Å². The van der Waals surface area contributed by atoms with Gasteiger partial charge in [0, 0.05) is 22.3 Å². The van der Waals surface area contributed by atoms with Crippen molar-refractivity contribution in [3.63, 3.8) is 0 Å². The summed E-state index contributed by atoms with van der Waals surface area (Å²) < 4.78 is 0. The lowest BCUT2D eigenvalue weighted by atomic mass is 10.1.